The first kappa shape index (κ1) is 17.9. The summed E-state index contributed by atoms with van der Waals surface area (Å²) in [5, 5.41) is 12.1. The van der Waals surface area contributed by atoms with Crippen LogP contribution in [0, 0.1) is 0 Å². The maximum absolute atomic E-state index is 11.6. The van der Waals surface area contributed by atoms with E-state index < -0.39 is 0 Å². The summed E-state index contributed by atoms with van der Waals surface area (Å²) < 4.78 is 7.38. The Morgan fingerprint density at radius 1 is 1.27 bits per heavy atom. The molecule has 1 aliphatic carbocycles. The van der Waals surface area contributed by atoms with E-state index in [2.05, 4.69) is 32.3 Å². The van der Waals surface area contributed by atoms with Gasteiger partial charge in [0, 0.05) is 29.6 Å². The van der Waals surface area contributed by atoms with Crippen LogP contribution in [0.4, 0.5) is 4.79 Å². The van der Waals surface area contributed by atoms with Gasteiger partial charge in [-0.25, -0.2) is 4.79 Å². The molecule has 3 heterocycles. The number of carbonyl (C=O) groups excluding carboxylic acids is 1. The molecule has 1 saturated carbocycles. The van der Waals surface area contributed by atoms with Crippen LogP contribution in [0.25, 0.3) is 0 Å². The van der Waals surface area contributed by atoms with Crippen molar-refractivity contribution in [2.75, 3.05) is 25.4 Å². The van der Waals surface area contributed by atoms with Gasteiger partial charge >= 0.3 is 6.09 Å². The van der Waals surface area contributed by atoms with E-state index in [0.29, 0.717) is 25.7 Å². The van der Waals surface area contributed by atoms with Crippen molar-refractivity contribution in [2.45, 2.75) is 49.7 Å². The molecule has 2 aliphatic rings. The van der Waals surface area contributed by atoms with E-state index in [4.69, 9.17) is 4.74 Å². The van der Waals surface area contributed by atoms with Crippen LogP contribution in [-0.4, -0.2) is 51.2 Å². The van der Waals surface area contributed by atoms with E-state index >= 15 is 0 Å². The smallest absolute Gasteiger partial charge is 0.409 e. The quantitative estimate of drug-likeness (QED) is 0.667. The largest absolute Gasteiger partial charge is 0.448 e. The zero-order valence-corrected chi connectivity index (χ0v) is 16.4. The molecule has 26 heavy (non-hydrogen) atoms. The molecule has 140 valence electrons. The molecule has 0 aromatic carbocycles. The number of cyclic esters (lactones) is 1. The fourth-order valence-corrected chi connectivity index (χ4v) is 5.37. The molecule has 2 aromatic rings. The highest BCUT2D eigenvalue weighted by Gasteiger charge is 2.25. The molecular formula is C18H24N4O2S2. The number of amides is 1. The molecule has 1 amide bonds. The van der Waals surface area contributed by atoms with Crippen LogP contribution >= 0.6 is 23.1 Å². The van der Waals surface area contributed by atoms with E-state index in [-0.39, 0.29) is 6.09 Å². The van der Waals surface area contributed by atoms with Crippen molar-refractivity contribution in [2.24, 2.45) is 0 Å². The molecule has 0 N–H and O–H groups in total. The summed E-state index contributed by atoms with van der Waals surface area (Å²) in [7, 11) is 0. The molecule has 1 saturated heterocycles. The number of hydrogen-bond acceptors (Lipinski definition) is 6. The zero-order chi connectivity index (χ0) is 17.8. The number of thiophene rings is 1. The van der Waals surface area contributed by atoms with E-state index in [1.54, 1.807) is 28.0 Å². The molecular weight excluding hydrogens is 368 g/mol. The number of nitrogens with zero attached hydrogens (tertiary/aromatic N) is 4. The van der Waals surface area contributed by atoms with E-state index in [1.807, 2.05) is 0 Å². The molecule has 0 atom stereocenters. The third-order valence-electron chi connectivity index (χ3n) is 5.02. The van der Waals surface area contributed by atoms with Gasteiger partial charge in [0.2, 0.25) is 0 Å². The Morgan fingerprint density at radius 2 is 2.15 bits per heavy atom. The van der Waals surface area contributed by atoms with Gasteiger partial charge in [0.15, 0.2) is 5.16 Å². The number of ether oxygens (including phenoxy) is 1. The van der Waals surface area contributed by atoms with Crippen LogP contribution in [0.15, 0.2) is 22.7 Å². The maximum atomic E-state index is 11.6. The lowest BCUT2D eigenvalue weighted by Crippen LogP contribution is -2.26. The van der Waals surface area contributed by atoms with Gasteiger partial charge in [0.05, 0.1) is 6.54 Å². The summed E-state index contributed by atoms with van der Waals surface area (Å²) in [6.07, 6.45) is 6.97. The van der Waals surface area contributed by atoms with Gasteiger partial charge in [-0.05, 0) is 24.3 Å². The Balaban J connectivity index is 1.47. The van der Waals surface area contributed by atoms with Crippen molar-refractivity contribution < 1.29 is 9.53 Å². The standard InChI is InChI=1S/C18H24N4O2S2/c23-18-21(8-10-24-18)9-12-26-17-20-19-16(13-15-7-4-11-25-15)22(17)14-5-2-1-3-6-14/h4,7,11,14H,1-3,5-6,8-10,12-13H2. The predicted molar refractivity (Wildman–Crippen MR) is 103 cm³/mol. The topological polar surface area (TPSA) is 60.2 Å². The second-order valence-electron chi connectivity index (χ2n) is 6.77. The third kappa shape index (κ3) is 4.06. The van der Waals surface area contributed by atoms with Gasteiger partial charge < -0.3 is 14.2 Å². The SMILES string of the molecule is O=C1OCCN1CCSc1nnc(Cc2cccs2)n1C1CCCCC1. The second kappa shape index (κ2) is 8.43. The minimum Gasteiger partial charge on any atom is -0.448 e. The molecule has 2 fully saturated rings. The Labute approximate surface area is 161 Å². The van der Waals surface area contributed by atoms with Crippen molar-refractivity contribution in [1.82, 2.24) is 19.7 Å². The summed E-state index contributed by atoms with van der Waals surface area (Å²) in [5.74, 6) is 1.89. The molecule has 8 heteroatoms. The molecule has 0 bridgehead atoms. The van der Waals surface area contributed by atoms with Gasteiger partial charge in [-0.1, -0.05) is 37.1 Å². The second-order valence-corrected chi connectivity index (χ2v) is 8.86. The van der Waals surface area contributed by atoms with Gasteiger partial charge in [-0.2, -0.15) is 0 Å². The molecule has 2 aromatic heterocycles. The van der Waals surface area contributed by atoms with Gasteiger partial charge in [0.25, 0.3) is 0 Å². The molecule has 6 nitrogen and oxygen atoms in total. The predicted octanol–water partition coefficient (Wildman–Crippen LogP) is 3.98. The fraction of sp³-hybridized carbons (Fsp3) is 0.611. The Morgan fingerprint density at radius 3 is 2.88 bits per heavy atom. The average molecular weight is 393 g/mol. The molecule has 4 rings (SSSR count). The van der Waals surface area contributed by atoms with Gasteiger partial charge in [0.1, 0.15) is 12.4 Å². The maximum Gasteiger partial charge on any atom is 0.409 e. The minimum atomic E-state index is -0.197. The fourth-order valence-electron chi connectivity index (χ4n) is 3.68. The lowest BCUT2D eigenvalue weighted by molar-refractivity contribution is 0.160. The normalized spacial score (nSPS) is 18.5. The molecule has 1 aliphatic heterocycles. The first-order valence-electron chi connectivity index (χ1n) is 9.32. The monoisotopic (exact) mass is 392 g/mol. The van der Waals surface area contributed by atoms with Crippen molar-refractivity contribution in [3.8, 4) is 0 Å². The highest BCUT2D eigenvalue weighted by atomic mass is 32.2. The van der Waals surface area contributed by atoms with Crippen molar-refractivity contribution in [3.63, 3.8) is 0 Å². The van der Waals surface area contributed by atoms with Crippen LogP contribution in [0.2, 0.25) is 0 Å². The van der Waals surface area contributed by atoms with E-state index in [1.165, 1.54) is 37.0 Å². The average Bonchev–Trinajstić information content (AvgIpc) is 3.39. The number of aromatic nitrogens is 3. The number of carbonyl (C=O) groups is 1. The lowest BCUT2D eigenvalue weighted by atomic mass is 9.95. The van der Waals surface area contributed by atoms with Crippen LogP contribution in [0.5, 0.6) is 0 Å². The van der Waals surface area contributed by atoms with Crippen molar-refractivity contribution >= 4 is 29.2 Å². The van der Waals surface area contributed by atoms with Crippen LogP contribution in [0.1, 0.15) is 48.8 Å². The Bertz CT molecular complexity index is 726. The summed E-state index contributed by atoms with van der Waals surface area (Å²) in [5.41, 5.74) is 0. The highest BCUT2D eigenvalue weighted by molar-refractivity contribution is 7.99. The summed E-state index contributed by atoms with van der Waals surface area (Å²) >= 11 is 3.48. The van der Waals surface area contributed by atoms with E-state index in [0.717, 1.165) is 23.2 Å². The van der Waals surface area contributed by atoms with Crippen LogP contribution in [0.3, 0.4) is 0 Å². The Kier molecular flexibility index (Phi) is 5.79. The summed E-state index contributed by atoms with van der Waals surface area (Å²) in [4.78, 5) is 14.7. The third-order valence-corrected chi connectivity index (χ3v) is 6.82. The molecule has 0 unspecified atom stereocenters. The van der Waals surface area contributed by atoms with Gasteiger partial charge in [-0.15, -0.1) is 21.5 Å². The summed E-state index contributed by atoms with van der Waals surface area (Å²) in [6, 6.07) is 4.76. The minimum absolute atomic E-state index is 0.197. The lowest BCUT2D eigenvalue weighted by Gasteiger charge is -2.25. The number of thioether (sulfide) groups is 1. The van der Waals surface area contributed by atoms with Crippen molar-refractivity contribution in [1.29, 1.82) is 0 Å². The first-order valence-corrected chi connectivity index (χ1v) is 11.2. The van der Waals surface area contributed by atoms with Crippen LogP contribution < -0.4 is 0 Å². The number of hydrogen-bond donors (Lipinski definition) is 0. The van der Waals surface area contributed by atoms with E-state index in [9.17, 15) is 4.79 Å². The summed E-state index contributed by atoms with van der Waals surface area (Å²) in [6.45, 7) is 1.90. The number of rotatable bonds is 7. The molecule has 0 spiro atoms. The van der Waals surface area contributed by atoms with Gasteiger partial charge in [-0.3, -0.25) is 0 Å². The van der Waals surface area contributed by atoms with Crippen molar-refractivity contribution in [3.05, 3.63) is 28.2 Å². The first-order chi connectivity index (χ1) is 12.8. The Hall–Kier alpha value is -1.54. The zero-order valence-electron chi connectivity index (χ0n) is 14.8. The molecule has 0 radical (unpaired) electrons. The van der Waals surface area contributed by atoms with Crippen LogP contribution in [-0.2, 0) is 11.2 Å². The highest BCUT2D eigenvalue weighted by Crippen LogP contribution is 2.33.